The van der Waals surface area contributed by atoms with Gasteiger partial charge in [0.05, 0.1) is 12.9 Å². The fourth-order valence-corrected chi connectivity index (χ4v) is 2.45. The van der Waals surface area contributed by atoms with Crippen molar-refractivity contribution < 1.29 is 9.53 Å². The summed E-state index contributed by atoms with van der Waals surface area (Å²) in [5.74, 6) is 0.477. The van der Waals surface area contributed by atoms with E-state index in [9.17, 15) is 4.79 Å². The summed E-state index contributed by atoms with van der Waals surface area (Å²) in [6.45, 7) is 7.84. The fourth-order valence-electron chi connectivity index (χ4n) is 2.45. The fraction of sp³-hybridized carbons (Fsp3) is 0.714. The number of ether oxygens (including phenoxy) is 1. The Morgan fingerprint density at radius 3 is 3.10 bits per heavy atom. The first-order chi connectivity index (χ1) is 9.69. The molecule has 112 valence electrons. The van der Waals surface area contributed by atoms with Gasteiger partial charge < -0.3 is 19.5 Å². The van der Waals surface area contributed by atoms with Crippen LogP contribution in [0.1, 0.15) is 20.3 Å². The third-order valence-electron chi connectivity index (χ3n) is 3.59. The molecule has 2 atom stereocenters. The van der Waals surface area contributed by atoms with Crippen molar-refractivity contribution in [3.05, 3.63) is 18.7 Å². The Morgan fingerprint density at radius 1 is 1.65 bits per heavy atom. The van der Waals surface area contributed by atoms with Crippen molar-refractivity contribution in [2.75, 3.05) is 26.3 Å². The first kappa shape index (κ1) is 14.8. The minimum Gasteiger partial charge on any atom is -0.381 e. The molecule has 2 amide bonds. The van der Waals surface area contributed by atoms with Gasteiger partial charge in [-0.1, -0.05) is 0 Å². The van der Waals surface area contributed by atoms with Crippen molar-refractivity contribution in [2.45, 2.75) is 32.9 Å². The average Bonchev–Trinajstić information content (AvgIpc) is 3.08. The number of rotatable bonds is 6. The van der Waals surface area contributed by atoms with Gasteiger partial charge in [-0.2, -0.15) is 0 Å². The third-order valence-corrected chi connectivity index (χ3v) is 3.59. The molecule has 0 unspecified atom stereocenters. The third kappa shape index (κ3) is 4.23. The maximum Gasteiger partial charge on any atom is 0.317 e. The van der Waals surface area contributed by atoms with Gasteiger partial charge in [-0.3, -0.25) is 0 Å². The van der Waals surface area contributed by atoms with Crippen molar-refractivity contribution >= 4 is 6.03 Å². The van der Waals surface area contributed by atoms with Crippen LogP contribution in [0.3, 0.4) is 0 Å². The van der Waals surface area contributed by atoms with Gasteiger partial charge in [0.1, 0.15) is 0 Å². The molecule has 1 aliphatic heterocycles. The standard InChI is InChI=1S/C14H24N4O2/c1-3-18(9-13-4-7-20-10-13)14(19)16-12(2)8-17-6-5-15-11-17/h5-6,11-13H,3-4,7-10H2,1-2H3,(H,16,19)/t12-,13+/m0/s1. The minimum atomic E-state index is 0.00650. The second-order valence-corrected chi connectivity index (χ2v) is 5.38. The summed E-state index contributed by atoms with van der Waals surface area (Å²) in [5, 5.41) is 3.04. The summed E-state index contributed by atoms with van der Waals surface area (Å²) in [5.41, 5.74) is 0. The molecule has 0 aliphatic carbocycles. The SMILES string of the molecule is CCN(C[C@H]1CCOC1)C(=O)N[C@@H](C)Cn1ccnc1. The lowest BCUT2D eigenvalue weighted by Crippen LogP contribution is -2.46. The van der Waals surface area contributed by atoms with E-state index in [1.165, 1.54) is 0 Å². The van der Waals surface area contributed by atoms with Crippen LogP contribution in [0, 0.1) is 5.92 Å². The molecule has 1 saturated heterocycles. The van der Waals surface area contributed by atoms with Crippen LogP contribution >= 0.6 is 0 Å². The van der Waals surface area contributed by atoms with E-state index in [2.05, 4.69) is 10.3 Å². The predicted molar refractivity (Wildman–Crippen MR) is 76.4 cm³/mol. The molecule has 1 aromatic heterocycles. The lowest BCUT2D eigenvalue weighted by molar-refractivity contribution is 0.164. The molecule has 2 heterocycles. The van der Waals surface area contributed by atoms with Gasteiger partial charge in [0.25, 0.3) is 0 Å². The van der Waals surface area contributed by atoms with E-state index >= 15 is 0 Å². The van der Waals surface area contributed by atoms with Gasteiger partial charge in [0, 0.05) is 50.6 Å². The summed E-state index contributed by atoms with van der Waals surface area (Å²) in [6.07, 6.45) is 6.45. The van der Waals surface area contributed by atoms with E-state index in [4.69, 9.17) is 4.74 Å². The molecule has 1 N–H and O–H groups in total. The van der Waals surface area contributed by atoms with Crippen LogP contribution in [0.15, 0.2) is 18.7 Å². The van der Waals surface area contributed by atoms with Crippen molar-refractivity contribution in [1.29, 1.82) is 0 Å². The molecule has 20 heavy (non-hydrogen) atoms. The highest BCUT2D eigenvalue weighted by Gasteiger charge is 2.22. The molecule has 2 rings (SSSR count). The van der Waals surface area contributed by atoms with Crippen molar-refractivity contribution in [3.63, 3.8) is 0 Å². The van der Waals surface area contributed by atoms with E-state index in [1.807, 2.05) is 29.5 Å². The van der Waals surface area contributed by atoms with Gasteiger partial charge in [0.15, 0.2) is 0 Å². The topological polar surface area (TPSA) is 59.4 Å². The largest absolute Gasteiger partial charge is 0.381 e. The number of carbonyl (C=O) groups is 1. The monoisotopic (exact) mass is 280 g/mol. The predicted octanol–water partition coefficient (Wildman–Crippen LogP) is 1.34. The van der Waals surface area contributed by atoms with Crippen molar-refractivity contribution in [2.24, 2.45) is 5.92 Å². The molecule has 0 bridgehead atoms. The van der Waals surface area contributed by atoms with E-state index in [0.29, 0.717) is 5.92 Å². The number of hydrogen-bond acceptors (Lipinski definition) is 3. The molecule has 1 aliphatic rings. The maximum atomic E-state index is 12.3. The number of urea groups is 1. The smallest absolute Gasteiger partial charge is 0.317 e. The van der Waals surface area contributed by atoms with Gasteiger partial charge in [-0.05, 0) is 20.3 Å². The second kappa shape index (κ2) is 7.28. The Kier molecular flexibility index (Phi) is 5.40. The van der Waals surface area contributed by atoms with E-state index in [1.54, 1.807) is 12.5 Å². The van der Waals surface area contributed by atoms with Crippen LogP contribution in [0.2, 0.25) is 0 Å². The van der Waals surface area contributed by atoms with Crippen LogP contribution in [-0.4, -0.2) is 52.8 Å². The van der Waals surface area contributed by atoms with Gasteiger partial charge in [-0.15, -0.1) is 0 Å². The van der Waals surface area contributed by atoms with E-state index < -0.39 is 0 Å². The Morgan fingerprint density at radius 2 is 2.50 bits per heavy atom. The molecule has 0 aromatic carbocycles. The summed E-state index contributed by atoms with van der Waals surface area (Å²) >= 11 is 0. The lowest BCUT2D eigenvalue weighted by Gasteiger charge is -2.26. The quantitative estimate of drug-likeness (QED) is 0.855. The summed E-state index contributed by atoms with van der Waals surface area (Å²) in [7, 11) is 0. The lowest BCUT2D eigenvalue weighted by atomic mass is 10.1. The first-order valence-electron chi connectivity index (χ1n) is 7.28. The summed E-state index contributed by atoms with van der Waals surface area (Å²) in [4.78, 5) is 18.1. The van der Waals surface area contributed by atoms with Crippen LogP contribution in [0.25, 0.3) is 0 Å². The Bertz CT molecular complexity index is 401. The molecular weight excluding hydrogens is 256 g/mol. The maximum absolute atomic E-state index is 12.3. The number of nitrogens with zero attached hydrogens (tertiary/aromatic N) is 3. The van der Waals surface area contributed by atoms with Gasteiger partial charge >= 0.3 is 6.03 Å². The molecule has 0 spiro atoms. The molecule has 6 nitrogen and oxygen atoms in total. The number of amides is 2. The summed E-state index contributed by atoms with van der Waals surface area (Å²) < 4.78 is 7.33. The highest BCUT2D eigenvalue weighted by atomic mass is 16.5. The number of imidazole rings is 1. The molecule has 1 fully saturated rings. The van der Waals surface area contributed by atoms with E-state index in [-0.39, 0.29) is 12.1 Å². The number of aromatic nitrogens is 2. The van der Waals surface area contributed by atoms with E-state index in [0.717, 1.165) is 39.3 Å². The molecule has 6 heteroatoms. The average molecular weight is 280 g/mol. The molecule has 0 saturated carbocycles. The first-order valence-corrected chi connectivity index (χ1v) is 7.28. The normalized spacial score (nSPS) is 19.8. The van der Waals surface area contributed by atoms with Gasteiger partial charge in [0.2, 0.25) is 0 Å². The number of carbonyl (C=O) groups excluding carboxylic acids is 1. The number of nitrogens with one attached hydrogen (secondary N) is 1. The highest BCUT2D eigenvalue weighted by Crippen LogP contribution is 2.14. The molecule has 0 radical (unpaired) electrons. The summed E-state index contributed by atoms with van der Waals surface area (Å²) in [6, 6.07) is 0.0811. The van der Waals surface area contributed by atoms with Gasteiger partial charge in [-0.25, -0.2) is 9.78 Å². The Labute approximate surface area is 120 Å². The van der Waals surface area contributed by atoms with Crippen LogP contribution < -0.4 is 5.32 Å². The van der Waals surface area contributed by atoms with Crippen molar-refractivity contribution in [1.82, 2.24) is 19.8 Å². The zero-order valence-electron chi connectivity index (χ0n) is 12.3. The van der Waals surface area contributed by atoms with Crippen LogP contribution in [0.4, 0.5) is 4.79 Å². The minimum absolute atomic E-state index is 0.00650. The van der Waals surface area contributed by atoms with Crippen molar-refractivity contribution in [3.8, 4) is 0 Å². The van der Waals surface area contributed by atoms with Crippen LogP contribution in [0.5, 0.6) is 0 Å². The number of hydrogen-bond donors (Lipinski definition) is 1. The molecular formula is C14H24N4O2. The zero-order chi connectivity index (χ0) is 14.4. The Balaban J connectivity index is 1.78. The molecule has 1 aromatic rings. The Hall–Kier alpha value is -1.56. The van der Waals surface area contributed by atoms with Crippen LogP contribution in [-0.2, 0) is 11.3 Å². The second-order valence-electron chi connectivity index (χ2n) is 5.38. The zero-order valence-corrected chi connectivity index (χ0v) is 12.3. The highest BCUT2D eigenvalue weighted by molar-refractivity contribution is 5.74.